The highest BCUT2D eigenvalue weighted by molar-refractivity contribution is 5.87. The summed E-state index contributed by atoms with van der Waals surface area (Å²) in [6.45, 7) is 6.41. The van der Waals surface area contributed by atoms with Gasteiger partial charge < -0.3 is 18.8 Å². The van der Waals surface area contributed by atoms with Crippen LogP contribution in [-0.4, -0.2) is 43.4 Å². The number of hydrogen-bond acceptors (Lipinski definition) is 6. The Labute approximate surface area is 112 Å². The molecule has 0 bridgehead atoms. The van der Waals surface area contributed by atoms with E-state index in [4.69, 9.17) is 13.9 Å². The van der Waals surface area contributed by atoms with Crippen LogP contribution in [0.25, 0.3) is 0 Å². The van der Waals surface area contributed by atoms with Gasteiger partial charge >= 0.3 is 5.97 Å². The maximum Gasteiger partial charge on any atom is 0.360 e. The lowest BCUT2D eigenvalue weighted by Gasteiger charge is -2.21. The summed E-state index contributed by atoms with van der Waals surface area (Å²) >= 11 is 0. The van der Waals surface area contributed by atoms with Crippen molar-refractivity contribution in [2.24, 2.45) is 0 Å². The van der Waals surface area contributed by atoms with Crippen LogP contribution in [0.3, 0.4) is 0 Å². The van der Waals surface area contributed by atoms with Gasteiger partial charge in [-0.25, -0.2) is 4.79 Å². The summed E-state index contributed by atoms with van der Waals surface area (Å²) in [5.41, 5.74) is 0.211. The number of carbonyl (C=O) groups is 1. The lowest BCUT2D eigenvalue weighted by Crippen LogP contribution is -2.32. The summed E-state index contributed by atoms with van der Waals surface area (Å²) in [6.07, 6.45) is 3.72. The molecule has 0 aliphatic carbocycles. The molecule has 1 atom stereocenters. The van der Waals surface area contributed by atoms with E-state index in [1.807, 2.05) is 11.8 Å². The van der Waals surface area contributed by atoms with E-state index in [0.717, 1.165) is 32.5 Å². The molecule has 0 spiro atoms. The van der Waals surface area contributed by atoms with Crippen LogP contribution >= 0.6 is 0 Å². The summed E-state index contributed by atoms with van der Waals surface area (Å²) in [5.74, 6) is -0.453. The number of hydrogen-bond donors (Lipinski definition) is 0. The quantitative estimate of drug-likeness (QED) is 0.734. The number of ether oxygens (including phenoxy) is 2. The van der Waals surface area contributed by atoms with E-state index < -0.39 is 5.97 Å². The summed E-state index contributed by atoms with van der Waals surface area (Å²) < 4.78 is 15.8. The number of aromatic nitrogens is 1. The van der Waals surface area contributed by atoms with E-state index in [2.05, 4.69) is 4.98 Å². The van der Waals surface area contributed by atoms with Gasteiger partial charge in [0.05, 0.1) is 12.7 Å². The molecule has 0 radical (unpaired) electrons. The smallest absolute Gasteiger partial charge is 0.360 e. The molecule has 1 aromatic heterocycles. The zero-order valence-corrected chi connectivity index (χ0v) is 11.4. The Balaban J connectivity index is 1.99. The van der Waals surface area contributed by atoms with Gasteiger partial charge in [0.15, 0.2) is 5.69 Å². The number of nitrogens with zero attached hydrogens (tertiary/aromatic N) is 2. The predicted molar refractivity (Wildman–Crippen MR) is 69.3 cm³/mol. The van der Waals surface area contributed by atoms with Gasteiger partial charge in [-0.05, 0) is 26.7 Å². The highest BCUT2D eigenvalue weighted by Crippen LogP contribution is 2.19. The second-order valence-electron chi connectivity index (χ2n) is 4.41. The molecule has 0 amide bonds. The van der Waals surface area contributed by atoms with Crippen molar-refractivity contribution in [3.05, 3.63) is 12.0 Å². The molecule has 106 valence electrons. The van der Waals surface area contributed by atoms with Gasteiger partial charge in [-0.3, -0.25) is 0 Å². The fourth-order valence-corrected chi connectivity index (χ4v) is 2.08. The molecular weight excluding hydrogens is 248 g/mol. The van der Waals surface area contributed by atoms with Gasteiger partial charge in [0, 0.05) is 19.7 Å². The lowest BCUT2D eigenvalue weighted by atomic mass is 10.2. The van der Waals surface area contributed by atoms with Gasteiger partial charge in [0.2, 0.25) is 0 Å². The number of esters is 1. The van der Waals surface area contributed by atoms with E-state index in [1.165, 1.54) is 6.26 Å². The Morgan fingerprint density at radius 1 is 1.58 bits per heavy atom. The molecule has 1 aliphatic heterocycles. The van der Waals surface area contributed by atoms with Crippen LogP contribution < -0.4 is 4.90 Å². The zero-order chi connectivity index (χ0) is 13.7. The summed E-state index contributed by atoms with van der Waals surface area (Å²) in [4.78, 5) is 17.7. The van der Waals surface area contributed by atoms with Crippen LogP contribution in [-0.2, 0) is 9.47 Å². The van der Waals surface area contributed by atoms with Gasteiger partial charge in [0.1, 0.15) is 6.26 Å². The minimum absolute atomic E-state index is 0.211. The molecule has 1 aromatic rings. The molecule has 19 heavy (non-hydrogen) atoms. The van der Waals surface area contributed by atoms with Crippen molar-refractivity contribution in [2.75, 3.05) is 31.2 Å². The number of oxazole rings is 1. The van der Waals surface area contributed by atoms with Crippen molar-refractivity contribution in [1.82, 2.24) is 4.98 Å². The molecule has 1 saturated heterocycles. The Morgan fingerprint density at radius 3 is 3.05 bits per heavy atom. The molecule has 0 aromatic carbocycles. The maximum atomic E-state index is 11.5. The van der Waals surface area contributed by atoms with Crippen molar-refractivity contribution in [1.29, 1.82) is 0 Å². The summed E-state index contributed by atoms with van der Waals surface area (Å²) in [5, 5.41) is 0. The summed E-state index contributed by atoms with van der Waals surface area (Å²) in [7, 11) is 0. The second kappa shape index (κ2) is 6.56. The maximum absolute atomic E-state index is 11.5. The van der Waals surface area contributed by atoms with Gasteiger partial charge in [-0.2, -0.15) is 4.98 Å². The summed E-state index contributed by atoms with van der Waals surface area (Å²) in [6, 6.07) is 0.445. The van der Waals surface area contributed by atoms with E-state index in [0.29, 0.717) is 12.6 Å². The Kier molecular flexibility index (Phi) is 4.79. The number of likely N-dealkylation sites (N-methyl/N-ethyl adjacent to an activating group) is 1. The zero-order valence-electron chi connectivity index (χ0n) is 11.4. The van der Waals surface area contributed by atoms with E-state index in [1.54, 1.807) is 6.92 Å². The highest BCUT2D eigenvalue weighted by atomic mass is 16.5. The second-order valence-corrected chi connectivity index (χ2v) is 4.41. The normalized spacial score (nSPS) is 18.5. The standard InChI is InChI=1S/C13H20N2O4/c1-3-15(8-10-6-5-7-18-10)13-14-11(9-19-13)12(16)17-4-2/h9-10H,3-8H2,1-2H3. The van der Waals surface area contributed by atoms with Crippen molar-refractivity contribution in [3.8, 4) is 0 Å². The third kappa shape index (κ3) is 3.47. The first-order valence-electron chi connectivity index (χ1n) is 6.73. The van der Waals surface area contributed by atoms with E-state index >= 15 is 0 Å². The largest absolute Gasteiger partial charge is 0.461 e. The van der Waals surface area contributed by atoms with E-state index in [9.17, 15) is 4.79 Å². The average Bonchev–Trinajstić information content (AvgIpc) is 3.07. The molecule has 0 N–H and O–H groups in total. The topological polar surface area (TPSA) is 64.8 Å². The molecule has 6 heteroatoms. The molecule has 6 nitrogen and oxygen atoms in total. The Hall–Kier alpha value is -1.56. The fraction of sp³-hybridized carbons (Fsp3) is 0.692. The third-order valence-electron chi connectivity index (χ3n) is 3.08. The van der Waals surface area contributed by atoms with Crippen LogP contribution in [0, 0.1) is 0 Å². The van der Waals surface area contributed by atoms with Crippen LogP contribution in [0.4, 0.5) is 6.01 Å². The first kappa shape index (κ1) is 13.9. The van der Waals surface area contributed by atoms with Crippen LogP contribution in [0.15, 0.2) is 10.7 Å². The Bertz CT molecular complexity index is 413. The number of anilines is 1. The molecule has 1 unspecified atom stereocenters. The lowest BCUT2D eigenvalue weighted by molar-refractivity contribution is 0.0519. The predicted octanol–water partition coefficient (Wildman–Crippen LogP) is 1.86. The first-order chi connectivity index (χ1) is 9.24. The van der Waals surface area contributed by atoms with Crippen molar-refractivity contribution in [2.45, 2.75) is 32.8 Å². The van der Waals surface area contributed by atoms with Crippen LogP contribution in [0.2, 0.25) is 0 Å². The minimum Gasteiger partial charge on any atom is -0.461 e. The fourth-order valence-electron chi connectivity index (χ4n) is 2.08. The number of carbonyl (C=O) groups excluding carboxylic acids is 1. The number of rotatable bonds is 6. The SMILES string of the molecule is CCOC(=O)c1coc(N(CC)CC2CCCO2)n1. The van der Waals surface area contributed by atoms with Gasteiger partial charge in [-0.15, -0.1) is 0 Å². The van der Waals surface area contributed by atoms with Crippen LogP contribution in [0.5, 0.6) is 0 Å². The molecule has 2 rings (SSSR count). The molecular formula is C13H20N2O4. The Morgan fingerprint density at radius 2 is 2.42 bits per heavy atom. The molecule has 1 aliphatic rings. The van der Waals surface area contributed by atoms with E-state index in [-0.39, 0.29) is 11.8 Å². The van der Waals surface area contributed by atoms with Gasteiger partial charge in [-0.1, -0.05) is 0 Å². The monoisotopic (exact) mass is 268 g/mol. The van der Waals surface area contributed by atoms with Crippen molar-refractivity contribution < 1.29 is 18.7 Å². The van der Waals surface area contributed by atoms with Crippen molar-refractivity contribution in [3.63, 3.8) is 0 Å². The van der Waals surface area contributed by atoms with Crippen molar-refractivity contribution >= 4 is 12.0 Å². The minimum atomic E-state index is -0.453. The van der Waals surface area contributed by atoms with Crippen LogP contribution in [0.1, 0.15) is 37.2 Å². The third-order valence-corrected chi connectivity index (χ3v) is 3.08. The molecule has 1 fully saturated rings. The first-order valence-corrected chi connectivity index (χ1v) is 6.73. The molecule has 2 heterocycles. The highest BCUT2D eigenvalue weighted by Gasteiger charge is 2.22. The van der Waals surface area contributed by atoms with Gasteiger partial charge in [0.25, 0.3) is 6.01 Å². The molecule has 0 saturated carbocycles. The average molecular weight is 268 g/mol.